The zero-order chi connectivity index (χ0) is 17.8. The van der Waals surface area contributed by atoms with Gasteiger partial charge in [-0.05, 0) is 22.8 Å². The zero-order valence-corrected chi connectivity index (χ0v) is 14.5. The number of imidazole rings is 1. The first-order chi connectivity index (χ1) is 12.9. The molecule has 0 N–H and O–H groups in total. The Balaban J connectivity index is 2.16. The molecule has 0 atom stereocenters. The quantitative estimate of drug-likeness (QED) is 0.448. The second kappa shape index (κ2) is 6.85. The lowest BCUT2D eigenvalue weighted by Crippen LogP contribution is -2.38. The van der Waals surface area contributed by atoms with Crippen LogP contribution in [-0.4, -0.2) is 9.55 Å². The van der Waals surface area contributed by atoms with Gasteiger partial charge in [0.2, 0.25) is 0 Å². The number of rotatable bonds is 5. The van der Waals surface area contributed by atoms with Gasteiger partial charge in [0.25, 0.3) is 0 Å². The minimum Gasteiger partial charge on any atom is -0.313 e. The van der Waals surface area contributed by atoms with Crippen molar-refractivity contribution in [2.24, 2.45) is 0 Å². The van der Waals surface area contributed by atoms with Gasteiger partial charge in [-0.2, -0.15) is 0 Å². The molecular formula is C24H20N2. The molecule has 3 aromatic carbocycles. The molecule has 4 aromatic rings. The zero-order valence-electron chi connectivity index (χ0n) is 14.5. The topological polar surface area (TPSA) is 17.8 Å². The summed E-state index contributed by atoms with van der Waals surface area (Å²) >= 11 is 0. The summed E-state index contributed by atoms with van der Waals surface area (Å²) in [6, 6.07) is 31.7. The van der Waals surface area contributed by atoms with Crippen LogP contribution < -0.4 is 0 Å². The molecule has 0 spiro atoms. The fourth-order valence-electron chi connectivity index (χ4n) is 3.70. The van der Waals surface area contributed by atoms with Crippen LogP contribution in [0.1, 0.15) is 22.5 Å². The Labute approximate surface area is 154 Å². The number of hydrogen-bond acceptors (Lipinski definition) is 1. The standard InChI is InChI=1S/C24H20N2/c1-2-23-25-18-19-26(23)24(20-12-6-3-7-13-20,21-14-8-4-9-15-21)22-16-10-5-11-17-22/h2-19H,1H2. The summed E-state index contributed by atoms with van der Waals surface area (Å²) in [5, 5.41) is 0. The number of hydrogen-bond donors (Lipinski definition) is 0. The van der Waals surface area contributed by atoms with Crippen LogP contribution in [0.25, 0.3) is 6.08 Å². The highest BCUT2D eigenvalue weighted by Gasteiger charge is 2.39. The minimum atomic E-state index is -0.524. The predicted octanol–water partition coefficient (Wildman–Crippen LogP) is 5.37. The summed E-state index contributed by atoms with van der Waals surface area (Å²) in [7, 11) is 0. The van der Waals surface area contributed by atoms with E-state index in [1.165, 1.54) is 16.7 Å². The molecule has 0 bridgehead atoms. The van der Waals surface area contributed by atoms with Gasteiger partial charge in [-0.15, -0.1) is 0 Å². The summed E-state index contributed by atoms with van der Waals surface area (Å²) in [4.78, 5) is 4.52. The summed E-state index contributed by atoms with van der Waals surface area (Å²) in [6.45, 7) is 3.97. The molecule has 0 radical (unpaired) electrons. The molecular weight excluding hydrogens is 316 g/mol. The van der Waals surface area contributed by atoms with Gasteiger partial charge < -0.3 is 4.57 Å². The van der Waals surface area contributed by atoms with E-state index in [1.54, 1.807) is 0 Å². The van der Waals surface area contributed by atoms with Gasteiger partial charge in [0, 0.05) is 12.4 Å². The molecule has 126 valence electrons. The average Bonchev–Trinajstić information content (AvgIpc) is 3.20. The van der Waals surface area contributed by atoms with E-state index < -0.39 is 5.54 Å². The Bertz CT molecular complexity index is 889. The fourth-order valence-corrected chi connectivity index (χ4v) is 3.70. The predicted molar refractivity (Wildman–Crippen MR) is 107 cm³/mol. The van der Waals surface area contributed by atoms with Gasteiger partial charge in [0.1, 0.15) is 11.4 Å². The third kappa shape index (κ3) is 2.47. The smallest absolute Gasteiger partial charge is 0.133 e. The second-order valence-electron chi connectivity index (χ2n) is 6.17. The number of aromatic nitrogens is 2. The molecule has 0 fully saturated rings. The largest absolute Gasteiger partial charge is 0.313 e. The average molecular weight is 336 g/mol. The second-order valence-corrected chi connectivity index (χ2v) is 6.17. The molecule has 2 nitrogen and oxygen atoms in total. The molecule has 0 saturated carbocycles. The van der Waals surface area contributed by atoms with Crippen molar-refractivity contribution in [3.63, 3.8) is 0 Å². The van der Waals surface area contributed by atoms with Crippen LogP contribution in [0.3, 0.4) is 0 Å². The Morgan fingerprint density at radius 3 is 1.50 bits per heavy atom. The number of benzene rings is 3. The van der Waals surface area contributed by atoms with Crippen molar-refractivity contribution >= 4 is 6.08 Å². The van der Waals surface area contributed by atoms with E-state index in [9.17, 15) is 0 Å². The van der Waals surface area contributed by atoms with Crippen molar-refractivity contribution in [2.45, 2.75) is 5.54 Å². The lowest BCUT2D eigenvalue weighted by molar-refractivity contribution is 0.511. The lowest BCUT2D eigenvalue weighted by atomic mass is 9.76. The van der Waals surface area contributed by atoms with Crippen LogP contribution in [0.4, 0.5) is 0 Å². The van der Waals surface area contributed by atoms with Crippen molar-refractivity contribution in [3.8, 4) is 0 Å². The molecule has 1 aromatic heterocycles. The van der Waals surface area contributed by atoms with Crippen molar-refractivity contribution in [3.05, 3.63) is 132 Å². The van der Waals surface area contributed by atoms with Crippen LogP contribution in [0.15, 0.2) is 110 Å². The summed E-state index contributed by atoms with van der Waals surface area (Å²) in [5.41, 5.74) is 3.01. The molecule has 1 heterocycles. The first-order valence-corrected chi connectivity index (χ1v) is 8.70. The van der Waals surface area contributed by atoms with Crippen LogP contribution in [0.5, 0.6) is 0 Å². The van der Waals surface area contributed by atoms with Gasteiger partial charge >= 0.3 is 0 Å². The van der Waals surface area contributed by atoms with E-state index in [0.717, 1.165) is 5.82 Å². The highest BCUT2D eigenvalue weighted by molar-refractivity contribution is 5.53. The van der Waals surface area contributed by atoms with Crippen LogP contribution in [0, 0.1) is 0 Å². The van der Waals surface area contributed by atoms with Gasteiger partial charge in [0.15, 0.2) is 0 Å². The molecule has 4 rings (SSSR count). The third-order valence-electron chi connectivity index (χ3n) is 4.79. The molecule has 0 unspecified atom stereocenters. The maximum absolute atomic E-state index is 4.52. The lowest BCUT2D eigenvalue weighted by Gasteiger charge is -2.38. The van der Waals surface area contributed by atoms with Crippen LogP contribution in [0.2, 0.25) is 0 Å². The third-order valence-corrected chi connectivity index (χ3v) is 4.79. The monoisotopic (exact) mass is 336 g/mol. The van der Waals surface area contributed by atoms with Crippen molar-refractivity contribution in [1.82, 2.24) is 9.55 Å². The van der Waals surface area contributed by atoms with Crippen LogP contribution in [-0.2, 0) is 5.54 Å². The maximum atomic E-state index is 4.52. The van der Waals surface area contributed by atoms with Gasteiger partial charge in [-0.1, -0.05) is 97.6 Å². The fraction of sp³-hybridized carbons (Fsp3) is 0.0417. The van der Waals surface area contributed by atoms with E-state index in [1.807, 2.05) is 36.7 Å². The first-order valence-electron chi connectivity index (χ1n) is 8.70. The SMILES string of the molecule is C=Cc1nccn1C(c1ccccc1)(c1ccccc1)c1ccccc1. The number of nitrogens with zero attached hydrogens (tertiary/aromatic N) is 2. The highest BCUT2D eigenvalue weighted by Crippen LogP contribution is 2.41. The Hall–Kier alpha value is -3.39. The Morgan fingerprint density at radius 1 is 0.692 bits per heavy atom. The van der Waals surface area contributed by atoms with E-state index in [2.05, 4.69) is 88.9 Å². The molecule has 0 aliphatic carbocycles. The first kappa shape index (κ1) is 16.1. The molecule has 0 amide bonds. The van der Waals surface area contributed by atoms with E-state index in [-0.39, 0.29) is 0 Å². The van der Waals surface area contributed by atoms with Crippen molar-refractivity contribution in [2.75, 3.05) is 0 Å². The summed E-state index contributed by atoms with van der Waals surface area (Å²) in [5.74, 6) is 0.835. The Kier molecular flexibility index (Phi) is 4.24. The van der Waals surface area contributed by atoms with Gasteiger partial charge in [-0.25, -0.2) is 4.98 Å². The van der Waals surface area contributed by atoms with E-state index in [4.69, 9.17) is 0 Å². The van der Waals surface area contributed by atoms with Gasteiger partial charge in [-0.3, -0.25) is 0 Å². The molecule has 26 heavy (non-hydrogen) atoms. The van der Waals surface area contributed by atoms with E-state index in [0.29, 0.717) is 0 Å². The molecule has 2 heteroatoms. The van der Waals surface area contributed by atoms with Crippen molar-refractivity contribution in [1.29, 1.82) is 0 Å². The van der Waals surface area contributed by atoms with Crippen LogP contribution >= 0.6 is 0 Å². The maximum Gasteiger partial charge on any atom is 0.133 e. The highest BCUT2D eigenvalue weighted by atomic mass is 15.1. The molecule has 0 aliphatic rings. The summed E-state index contributed by atoms with van der Waals surface area (Å²) in [6.07, 6.45) is 5.67. The molecule has 0 aliphatic heterocycles. The van der Waals surface area contributed by atoms with Gasteiger partial charge in [0.05, 0.1) is 0 Å². The van der Waals surface area contributed by atoms with E-state index >= 15 is 0 Å². The molecule has 0 saturated heterocycles. The summed E-state index contributed by atoms with van der Waals surface area (Å²) < 4.78 is 2.21. The Morgan fingerprint density at radius 2 is 1.12 bits per heavy atom. The minimum absolute atomic E-state index is 0.524. The van der Waals surface area contributed by atoms with Crippen molar-refractivity contribution < 1.29 is 0 Å². The normalized spacial score (nSPS) is 11.2.